The highest BCUT2D eigenvalue weighted by molar-refractivity contribution is 5.99. The number of rotatable bonds is 7. The number of methoxy groups -OCH3 is 1. The second-order valence-corrected chi connectivity index (χ2v) is 5.27. The maximum absolute atomic E-state index is 13.3. The Hall–Kier alpha value is -2.54. The molecule has 2 aromatic carbocycles. The van der Waals surface area contributed by atoms with Gasteiger partial charge in [-0.1, -0.05) is 30.3 Å². The molecule has 2 aromatic rings. The summed E-state index contributed by atoms with van der Waals surface area (Å²) in [6, 6.07) is 11.0. The third-order valence-corrected chi connectivity index (χ3v) is 3.48. The molecule has 0 heterocycles. The molecule has 0 aromatic heterocycles. The summed E-state index contributed by atoms with van der Waals surface area (Å²) in [4.78, 5) is 12.1. The smallest absolute Gasteiger partial charge is 0.417 e. The van der Waals surface area contributed by atoms with Crippen LogP contribution in [0.25, 0.3) is 0 Å². The molecule has 0 aliphatic heterocycles. The van der Waals surface area contributed by atoms with E-state index in [2.05, 4.69) is 5.32 Å². The minimum absolute atomic E-state index is 0.0794. The van der Waals surface area contributed by atoms with E-state index in [-0.39, 0.29) is 24.7 Å². The Bertz CT molecular complexity index is 730. The number of hydrogen-bond acceptors (Lipinski definition) is 4. The predicted octanol–water partition coefficient (Wildman–Crippen LogP) is 3.70. The highest BCUT2D eigenvalue weighted by Crippen LogP contribution is 2.39. The van der Waals surface area contributed by atoms with Crippen molar-refractivity contribution in [3.05, 3.63) is 59.2 Å². The fraction of sp³-hybridized carbons (Fsp3) is 0.278. The van der Waals surface area contributed by atoms with Gasteiger partial charge in [-0.3, -0.25) is 4.79 Å². The van der Waals surface area contributed by atoms with Gasteiger partial charge >= 0.3 is 6.18 Å². The largest absolute Gasteiger partial charge is 0.493 e. The van der Waals surface area contributed by atoms with Crippen LogP contribution in [0.15, 0.2) is 42.5 Å². The molecule has 0 unspecified atom stereocenters. The Balaban J connectivity index is 2.41. The van der Waals surface area contributed by atoms with E-state index >= 15 is 0 Å². The molecule has 0 saturated carbocycles. The number of alkyl halides is 3. The highest BCUT2D eigenvalue weighted by atomic mass is 19.4. The average Bonchev–Trinajstić information content (AvgIpc) is 2.59. The number of ketones is 1. The van der Waals surface area contributed by atoms with Gasteiger partial charge in [0.25, 0.3) is 0 Å². The zero-order chi connectivity index (χ0) is 18.4. The van der Waals surface area contributed by atoms with Gasteiger partial charge in [0.1, 0.15) is 6.61 Å². The minimum Gasteiger partial charge on any atom is -0.493 e. The zero-order valence-corrected chi connectivity index (χ0v) is 13.8. The van der Waals surface area contributed by atoms with Crippen LogP contribution in [0.1, 0.15) is 21.5 Å². The van der Waals surface area contributed by atoms with Crippen molar-refractivity contribution >= 4 is 5.78 Å². The van der Waals surface area contributed by atoms with E-state index in [9.17, 15) is 18.0 Å². The molecule has 0 aliphatic carbocycles. The first-order valence-corrected chi connectivity index (χ1v) is 7.50. The summed E-state index contributed by atoms with van der Waals surface area (Å²) in [6.45, 7) is -0.0737. The molecule has 2 rings (SSSR count). The third-order valence-electron chi connectivity index (χ3n) is 3.48. The maximum Gasteiger partial charge on any atom is 0.417 e. The summed E-state index contributed by atoms with van der Waals surface area (Å²) < 4.78 is 50.4. The van der Waals surface area contributed by atoms with Crippen molar-refractivity contribution in [3.8, 4) is 11.5 Å². The fourth-order valence-electron chi connectivity index (χ4n) is 2.29. The van der Waals surface area contributed by atoms with Crippen LogP contribution in [0, 0.1) is 0 Å². The summed E-state index contributed by atoms with van der Waals surface area (Å²) in [7, 11) is 2.74. The second-order valence-electron chi connectivity index (χ2n) is 5.27. The summed E-state index contributed by atoms with van der Waals surface area (Å²) in [5.41, 5.74) is -0.657. The standard InChI is InChI=1S/C18H18F3NO3/c1-22-10-15(23)13-8-17(25-11-12-6-4-3-5-7-12)16(24-2)9-14(13)18(19,20)21/h3-9,22H,10-11H2,1-2H3. The van der Waals surface area contributed by atoms with Crippen molar-refractivity contribution in [1.29, 1.82) is 0 Å². The van der Waals surface area contributed by atoms with Crippen LogP contribution in [0.2, 0.25) is 0 Å². The number of carbonyl (C=O) groups excluding carboxylic acids is 1. The number of carbonyl (C=O) groups is 1. The van der Waals surface area contributed by atoms with Gasteiger partial charge in [-0.05, 0) is 24.7 Å². The summed E-state index contributed by atoms with van der Waals surface area (Å²) >= 11 is 0. The van der Waals surface area contributed by atoms with E-state index in [1.54, 1.807) is 0 Å². The van der Waals surface area contributed by atoms with Crippen molar-refractivity contribution < 1.29 is 27.4 Å². The lowest BCUT2D eigenvalue weighted by atomic mass is 10.0. The van der Waals surface area contributed by atoms with E-state index in [1.807, 2.05) is 30.3 Å². The van der Waals surface area contributed by atoms with Crippen LogP contribution in [0.4, 0.5) is 13.2 Å². The Labute approximate surface area is 143 Å². The van der Waals surface area contributed by atoms with Crippen molar-refractivity contribution in [2.24, 2.45) is 0 Å². The number of Topliss-reactive ketones (excluding diaryl/α,β-unsaturated/α-hetero) is 1. The Morgan fingerprint density at radius 1 is 1.12 bits per heavy atom. The Morgan fingerprint density at radius 3 is 2.36 bits per heavy atom. The van der Waals surface area contributed by atoms with Gasteiger partial charge in [0.15, 0.2) is 17.3 Å². The normalized spacial score (nSPS) is 11.2. The first-order chi connectivity index (χ1) is 11.9. The van der Waals surface area contributed by atoms with Gasteiger partial charge in [-0.2, -0.15) is 13.2 Å². The van der Waals surface area contributed by atoms with E-state index in [1.165, 1.54) is 14.2 Å². The molecule has 4 nitrogen and oxygen atoms in total. The molecule has 0 bridgehead atoms. The van der Waals surface area contributed by atoms with Crippen LogP contribution in [0.5, 0.6) is 11.5 Å². The van der Waals surface area contributed by atoms with Crippen molar-refractivity contribution in [2.75, 3.05) is 20.7 Å². The number of ether oxygens (including phenoxy) is 2. The SMILES string of the molecule is CNCC(=O)c1cc(OCc2ccccc2)c(OC)cc1C(F)(F)F. The number of likely N-dealkylation sites (N-methyl/N-ethyl adjacent to an activating group) is 1. The molecule has 0 spiro atoms. The first-order valence-electron chi connectivity index (χ1n) is 7.50. The maximum atomic E-state index is 13.3. The summed E-state index contributed by atoms with van der Waals surface area (Å²) in [5, 5.41) is 2.56. The lowest BCUT2D eigenvalue weighted by molar-refractivity contribution is -0.138. The average molecular weight is 353 g/mol. The van der Waals surface area contributed by atoms with Gasteiger partial charge < -0.3 is 14.8 Å². The van der Waals surface area contributed by atoms with Crippen LogP contribution in [-0.2, 0) is 12.8 Å². The van der Waals surface area contributed by atoms with E-state index < -0.39 is 23.1 Å². The summed E-state index contributed by atoms with van der Waals surface area (Å²) in [6.07, 6.45) is -4.68. The molecule has 0 saturated heterocycles. The Kier molecular flexibility index (Phi) is 6.03. The van der Waals surface area contributed by atoms with Crippen LogP contribution < -0.4 is 14.8 Å². The van der Waals surface area contributed by atoms with E-state index in [0.29, 0.717) is 0 Å². The molecule has 25 heavy (non-hydrogen) atoms. The molecule has 0 radical (unpaired) electrons. The molecule has 0 aliphatic rings. The van der Waals surface area contributed by atoms with Gasteiger partial charge in [0.2, 0.25) is 0 Å². The number of halogens is 3. The van der Waals surface area contributed by atoms with E-state index in [0.717, 1.165) is 17.7 Å². The second kappa shape index (κ2) is 8.02. The fourth-order valence-corrected chi connectivity index (χ4v) is 2.29. The molecule has 0 atom stereocenters. The van der Waals surface area contributed by atoms with Crippen molar-refractivity contribution in [3.63, 3.8) is 0 Å². The molecular weight excluding hydrogens is 335 g/mol. The van der Waals surface area contributed by atoms with Crippen molar-refractivity contribution in [2.45, 2.75) is 12.8 Å². The quantitative estimate of drug-likeness (QED) is 0.771. The number of benzene rings is 2. The van der Waals surface area contributed by atoms with Crippen LogP contribution in [-0.4, -0.2) is 26.5 Å². The van der Waals surface area contributed by atoms with Gasteiger partial charge in [-0.15, -0.1) is 0 Å². The van der Waals surface area contributed by atoms with Crippen molar-refractivity contribution in [1.82, 2.24) is 5.32 Å². The van der Waals surface area contributed by atoms with Crippen LogP contribution >= 0.6 is 0 Å². The van der Waals surface area contributed by atoms with Gasteiger partial charge in [0, 0.05) is 5.56 Å². The van der Waals surface area contributed by atoms with Crippen LogP contribution in [0.3, 0.4) is 0 Å². The lowest BCUT2D eigenvalue weighted by Crippen LogP contribution is -2.22. The zero-order valence-electron chi connectivity index (χ0n) is 13.8. The topological polar surface area (TPSA) is 47.6 Å². The first kappa shape index (κ1) is 18.8. The molecule has 7 heteroatoms. The lowest BCUT2D eigenvalue weighted by Gasteiger charge is -2.17. The van der Waals surface area contributed by atoms with Gasteiger partial charge in [-0.25, -0.2) is 0 Å². The molecule has 1 N–H and O–H groups in total. The van der Waals surface area contributed by atoms with E-state index in [4.69, 9.17) is 9.47 Å². The monoisotopic (exact) mass is 353 g/mol. The molecule has 134 valence electrons. The molecule has 0 fully saturated rings. The minimum atomic E-state index is -4.68. The predicted molar refractivity (Wildman–Crippen MR) is 87.0 cm³/mol. The van der Waals surface area contributed by atoms with Gasteiger partial charge in [0.05, 0.1) is 19.2 Å². The Morgan fingerprint density at radius 2 is 1.80 bits per heavy atom. The summed E-state index contributed by atoms with van der Waals surface area (Å²) in [5.74, 6) is -0.676. The third kappa shape index (κ3) is 4.73. The molecule has 0 amide bonds. The number of nitrogens with one attached hydrogen (secondary N) is 1. The molecular formula is C18H18F3NO3. The number of hydrogen-bond donors (Lipinski definition) is 1. The highest BCUT2D eigenvalue weighted by Gasteiger charge is 2.36.